The molecule has 0 saturated carbocycles. The molecule has 1 rings (SSSR count). The van der Waals surface area contributed by atoms with E-state index < -0.39 is 17.9 Å². The van der Waals surface area contributed by atoms with Crippen LogP contribution in [0.15, 0.2) is 18.2 Å². The van der Waals surface area contributed by atoms with Crippen molar-refractivity contribution in [3.8, 4) is 0 Å². The molecule has 0 radical (unpaired) electrons. The molecule has 1 unspecified atom stereocenters. The number of anilines is 1. The lowest BCUT2D eigenvalue weighted by atomic mass is 10.0. The molecule has 0 amide bonds. The summed E-state index contributed by atoms with van der Waals surface area (Å²) in [5.41, 5.74) is 3.17. The first kappa shape index (κ1) is 15.0. The van der Waals surface area contributed by atoms with E-state index >= 15 is 0 Å². The van der Waals surface area contributed by atoms with E-state index in [1.54, 1.807) is 11.9 Å². The summed E-state index contributed by atoms with van der Waals surface area (Å²) in [6.07, 6.45) is -0.371. The number of carbonyl (C=O) groups is 2. The third-order valence-electron chi connectivity index (χ3n) is 3.20. The summed E-state index contributed by atoms with van der Waals surface area (Å²) >= 11 is 0. The molecule has 0 aliphatic heterocycles. The highest BCUT2D eigenvalue weighted by molar-refractivity contribution is 5.78. The summed E-state index contributed by atoms with van der Waals surface area (Å²) in [4.78, 5) is 23.5. The molecule has 0 spiro atoms. The van der Waals surface area contributed by atoms with Crippen LogP contribution in [-0.2, 0) is 9.59 Å². The second-order valence-corrected chi connectivity index (χ2v) is 4.78. The molecule has 0 aromatic heterocycles. The summed E-state index contributed by atoms with van der Waals surface area (Å²) < 4.78 is 0. The van der Waals surface area contributed by atoms with E-state index in [0.29, 0.717) is 0 Å². The van der Waals surface area contributed by atoms with Crippen LogP contribution in [0.2, 0.25) is 0 Å². The highest BCUT2D eigenvalue weighted by atomic mass is 16.4. The first-order valence-corrected chi connectivity index (χ1v) is 6.04. The molecule has 5 nitrogen and oxygen atoms in total. The van der Waals surface area contributed by atoms with E-state index in [4.69, 9.17) is 10.2 Å². The van der Waals surface area contributed by atoms with E-state index in [-0.39, 0.29) is 13.0 Å². The zero-order chi connectivity index (χ0) is 14.6. The fourth-order valence-corrected chi connectivity index (χ4v) is 1.84. The third kappa shape index (κ3) is 4.28. The van der Waals surface area contributed by atoms with Crippen molar-refractivity contribution in [1.29, 1.82) is 0 Å². The zero-order valence-electron chi connectivity index (χ0n) is 11.4. The maximum Gasteiger partial charge on any atom is 0.308 e. The molecule has 0 saturated heterocycles. The Balaban J connectivity index is 2.81. The third-order valence-corrected chi connectivity index (χ3v) is 3.20. The number of carboxylic acids is 2. The second-order valence-electron chi connectivity index (χ2n) is 4.78. The van der Waals surface area contributed by atoms with E-state index in [0.717, 1.165) is 16.8 Å². The molecule has 1 atom stereocenters. The summed E-state index contributed by atoms with van der Waals surface area (Å²) in [7, 11) is 1.77. The summed E-state index contributed by atoms with van der Waals surface area (Å²) in [6.45, 7) is 4.16. The number of hydrogen-bond donors (Lipinski definition) is 2. The minimum Gasteiger partial charge on any atom is -0.481 e. The Hall–Kier alpha value is -2.04. The topological polar surface area (TPSA) is 77.8 Å². The van der Waals surface area contributed by atoms with Gasteiger partial charge in [-0.2, -0.15) is 0 Å². The minimum absolute atomic E-state index is 0.171. The molecule has 0 aliphatic carbocycles. The first-order chi connectivity index (χ1) is 8.81. The van der Waals surface area contributed by atoms with Gasteiger partial charge < -0.3 is 15.1 Å². The van der Waals surface area contributed by atoms with Crippen molar-refractivity contribution >= 4 is 17.6 Å². The van der Waals surface area contributed by atoms with Gasteiger partial charge in [0, 0.05) is 19.3 Å². The zero-order valence-corrected chi connectivity index (χ0v) is 11.4. The average molecular weight is 265 g/mol. The largest absolute Gasteiger partial charge is 0.481 e. The van der Waals surface area contributed by atoms with Crippen molar-refractivity contribution in [2.75, 3.05) is 18.5 Å². The standard InChI is InChI=1S/C14H19NO4/c1-9-4-5-12(6-10(9)2)15(3)8-11(14(18)19)7-13(16)17/h4-6,11H,7-8H2,1-3H3,(H,16,17)(H,18,19). The van der Waals surface area contributed by atoms with Gasteiger partial charge in [-0.15, -0.1) is 0 Å². The maximum absolute atomic E-state index is 11.0. The Morgan fingerprint density at radius 2 is 1.84 bits per heavy atom. The van der Waals surface area contributed by atoms with Crippen molar-refractivity contribution in [3.63, 3.8) is 0 Å². The molecule has 104 valence electrons. The lowest BCUT2D eigenvalue weighted by molar-refractivity contribution is -0.147. The number of rotatable bonds is 6. The van der Waals surface area contributed by atoms with Crippen LogP contribution in [0.4, 0.5) is 5.69 Å². The van der Waals surface area contributed by atoms with E-state index in [2.05, 4.69) is 0 Å². The van der Waals surface area contributed by atoms with Crippen LogP contribution in [-0.4, -0.2) is 35.7 Å². The fourth-order valence-electron chi connectivity index (χ4n) is 1.84. The Bertz CT molecular complexity index is 484. The Morgan fingerprint density at radius 1 is 1.21 bits per heavy atom. The number of carboxylic acid groups (broad SMARTS) is 2. The molecular weight excluding hydrogens is 246 g/mol. The van der Waals surface area contributed by atoms with Gasteiger partial charge in [0.2, 0.25) is 0 Å². The second kappa shape index (κ2) is 6.22. The predicted molar refractivity (Wildman–Crippen MR) is 72.6 cm³/mol. The quantitative estimate of drug-likeness (QED) is 0.821. The van der Waals surface area contributed by atoms with Gasteiger partial charge in [0.05, 0.1) is 12.3 Å². The lowest BCUT2D eigenvalue weighted by Crippen LogP contribution is -2.32. The molecule has 0 heterocycles. The van der Waals surface area contributed by atoms with Crippen LogP contribution in [0, 0.1) is 19.8 Å². The van der Waals surface area contributed by atoms with Gasteiger partial charge in [0.25, 0.3) is 0 Å². The van der Waals surface area contributed by atoms with Crippen molar-refractivity contribution in [3.05, 3.63) is 29.3 Å². The Labute approximate surface area is 112 Å². The van der Waals surface area contributed by atoms with Gasteiger partial charge in [0.1, 0.15) is 0 Å². The van der Waals surface area contributed by atoms with Gasteiger partial charge in [-0.3, -0.25) is 9.59 Å². The number of aryl methyl sites for hydroxylation is 2. The molecule has 19 heavy (non-hydrogen) atoms. The molecule has 2 N–H and O–H groups in total. The highest BCUT2D eigenvalue weighted by Gasteiger charge is 2.22. The van der Waals surface area contributed by atoms with Crippen LogP contribution in [0.5, 0.6) is 0 Å². The lowest BCUT2D eigenvalue weighted by Gasteiger charge is -2.23. The van der Waals surface area contributed by atoms with Crippen LogP contribution in [0.25, 0.3) is 0 Å². The van der Waals surface area contributed by atoms with Crippen LogP contribution >= 0.6 is 0 Å². The predicted octanol–water partition coefficient (Wildman–Crippen LogP) is 1.92. The van der Waals surface area contributed by atoms with Crippen LogP contribution in [0.3, 0.4) is 0 Å². The summed E-state index contributed by atoms with van der Waals surface area (Å²) in [6, 6.07) is 5.84. The monoisotopic (exact) mass is 265 g/mol. The maximum atomic E-state index is 11.0. The normalized spacial score (nSPS) is 11.9. The smallest absolute Gasteiger partial charge is 0.308 e. The molecule has 1 aromatic carbocycles. The van der Waals surface area contributed by atoms with E-state index in [1.165, 1.54) is 0 Å². The van der Waals surface area contributed by atoms with Gasteiger partial charge in [0.15, 0.2) is 0 Å². The van der Waals surface area contributed by atoms with Crippen molar-refractivity contribution < 1.29 is 19.8 Å². The molecule has 5 heteroatoms. The highest BCUT2D eigenvalue weighted by Crippen LogP contribution is 2.19. The van der Waals surface area contributed by atoms with E-state index in [1.807, 2.05) is 32.0 Å². The van der Waals surface area contributed by atoms with Gasteiger partial charge in [-0.25, -0.2) is 0 Å². The van der Waals surface area contributed by atoms with Gasteiger partial charge in [-0.05, 0) is 37.1 Å². The van der Waals surface area contributed by atoms with Crippen LogP contribution in [0.1, 0.15) is 17.5 Å². The molecular formula is C14H19NO4. The number of nitrogens with zero attached hydrogens (tertiary/aromatic N) is 1. The Kier molecular flexibility index (Phi) is 4.92. The molecule has 0 fully saturated rings. The SMILES string of the molecule is Cc1ccc(N(C)CC(CC(=O)O)C(=O)O)cc1C. The number of hydrogen-bond acceptors (Lipinski definition) is 3. The Morgan fingerprint density at radius 3 is 2.32 bits per heavy atom. The van der Waals surface area contributed by atoms with Crippen molar-refractivity contribution in [1.82, 2.24) is 0 Å². The summed E-state index contributed by atoms with van der Waals surface area (Å²) in [5, 5.41) is 17.7. The van der Waals surface area contributed by atoms with Crippen molar-refractivity contribution in [2.24, 2.45) is 5.92 Å². The van der Waals surface area contributed by atoms with Crippen molar-refractivity contribution in [2.45, 2.75) is 20.3 Å². The van der Waals surface area contributed by atoms with Crippen LogP contribution < -0.4 is 4.90 Å². The van der Waals surface area contributed by atoms with E-state index in [9.17, 15) is 9.59 Å². The molecule has 0 aliphatic rings. The molecule has 0 bridgehead atoms. The molecule has 1 aromatic rings. The number of benzene rings is 1. The first-order valence-electron chi connectivity index (χ1n) is 6.04. The summed E-state index contributed by atoms with van der Waals surface area (Å²) in [5.74, 6) is -3.09. The van der Waals surface area contributed by atoms with Gasteiger partial charge in [-0.1, -0.05) is 6.07 Å². The minimum atomic E-state index is -1.10. The fraction of sp³-hybridized carbons (Fsp3) is 0.429. The average Bonchev–Trinajstić information content (AvgIpc) is 2.31. The van der Waals surface area contributed by atoms with Gasteiger partial charge >= 0.3 is 11.9 Å². The number of aliphatic carboxylic acids is 2.